The fourth-order valence-corrected chi connectivity index (χ4v) is 5.56. The van der Waals surface area contributed by atoms with Gasteiger partial charge < -0.3 is 14.3 Å². The van der Waals surface area contributed by atoms with Gasteiger partial charge in [-0.1, -0.05) is 0 Å². The minimum Gasteiger partial charge on any atom is -0.478 e. The smallest absolute Gasteiger partial charge is 0.336 e. The molecule has 5 nitrogen and oxygen atoms in total. The van der Waals surface area contributed by atoms with E-state index >= 15 is 0 Å². The maximum absolute atomic E-state index is 11.6. The van der Waals surface area contributed by atoms with Gasteiger partial charge in [-0.15, -0.1) is 0 Å². The molecule has 116 valence electrons. The molecule has 7 heteroatoms. The van der Waals surface area contributed by atoms with Gasteiger partial charge in [0, 0.05) is 0 Å². The van der Waals surface area contributed by atoms with Gasteiger partial charge in [0.2, 0.25) is 0 Å². The van der Waals surface area contributed by atoms with Gasteiger partial charge in [-0.2, -0.15) is 0 Å². The van der Waals surface area contributed by atoms with Crippen LogP contribution >= 0.6 is 0 Å². The van der Waals surface area contributed by atoms with Crippen molar-refractivity contribution >= 4 is 35.2 Å². The topological polar surface area (TPSA) is 83.8 Å². The van der Waals surface area contributed by atoms with Crippen molar-refractivity contribution in [1.29, 1.82) is 0 Å². The first-order valence-corrected chi connectivity index (χ1v) is 11.4. The van der Waals surface area contributed by atoms with E-state index in [1.807, 2.05) is 19.6 Å². The standard InChI is InChI=1S/C14H22O5Si2/c1-7-8(2)11(14(17)18)12(20-19-21(4,5)6)9(3)10(7)13(15)16/h20H2,1-6H3,(H,15,16)(H,17,18). The number of aromatic carboxylic acids is 2. The number of hydrogen-bond donors (Lipinski definition) is 2. The monoisotopic (exact) mass is 326 g/mol. The largest absolute Gasteiger partial charge is 0.478 e. The molecule has 0 heterocycles. The van der Waals surface area contributed by atoms with Crippen molar-refractivity contribution in [2.45, 2.75) is 40.4 Å². The molecule has 0 aromatic heterocycles. The molecule has 0 aliphatic heterocycles. The molecule has 0 aliphatic rings. The van der Waals surface area contributed by atoms with E-state index in [9.17, 15) is 19.8 Å². The fourth-order valence-electron chi connectivity index (χ4n) is 2.30. The summed E-state index contributed by atoms with van der Waals surface area (Å²) in [4.78, 5) is 23.0. The third-order valence-corrected chi connectivity index (χ3v) is 8.73. The summed E-state index contributed by atoms with van der Waals surface area (Å²) in [5, 5.41) is 19.5. The number of hydrogen-bond acceptors (Lipinski definition) is 3. The normalized spacial score (nSPS) is 12.1. The molecule has 0 radical (unpaired) electrons. The summed E-state index contributed by atoms with van der Waals surface area (Å²) in [5.41, 5.74) is 2.00. The summed E-state index contributed by atoms with van der Waals surface area (Å²) in [7, 11) is -3.06. The van der Waals surface area contributed by atoms with Crippen molar-refractivity contribution in [3.63, 3.8) is 0 Å². The summed E-state index contributed by atoms with van der Waals surface area (Å²) in [6.45, 7) is 11.1. The van der Waals surface area contributed by atoms with Crippen LogP contribution in [-0.4, -0.2) is 40.2 Å². The van der Waals surface area contributed by atoms with Crippen molar-refractivity contribution in [2.24, 2.45) is 0 Å². The Morgan fingerprint density at radius 2 is 1.33 bits per heavy atom. The Morgan fingerprint density at radius 3 is 1.71 bits per heavy atom. The minimum absolute atomic E-state index is 0.208. The lowest BCUT2D eigenvalue weighted by molar-refractivity contribution is 0.0680. The lowest BCUT2D eigenvalue weighted by Gasteiger charge is -2.22. The van der Waals surface area contributed by atoms with Crippen LogP contribution in [0.5, 0.6) is 0 Å². The first-order valence-electron chi connectivity index (χ1n) is 6.70. The summed E-state index contributed by atoms with van der Waals surface area (Å²) in [6, 6.07) is 0. The maximum Gasteiger partial charge on any atom is 0.336 e. The van der Waals surface area contributed by atoms with Crippen molar-refractivity contribution in [2.75, 3.05) is 0 Å². The van der Waals surface area contributed by atoms with E-state index in [0.717, 1.165) is 0 Å². The molecule has 0 aliphatic carbocycles. The maximum atomic E-state index is 11.6. The van der Waals surface area contributed by atoms with Gasteiger partial charge in [0.1, 0.15) is 0 Å². The molecule has 0 fully saturated rings. The third kappa shape index (κ3) is 3.81. The van der Waals surface area contributed by atoms with E-state index in [-0.39, 0.29) is 11.1 Å². The van der Waals surface area contributed by atoms with Crippen LogP contribution in [-0.2, 0) is 4.12 Å². The molecule has 0 amide bonds. The average molecular weight is 326 g/mol. The first kappa shape index (κ1) is 17.6. The summed E-state index contributed by atoms with van der Waals surface area (Å²) < 4.78 is 5.94. The Bertz CT molecular complexity index is 603. The van der Waals surface area contributed by atoms with Gasteiger partial charge in [0.25, 0.3) is 0 Å². The quantitative estimate of drug-likeness (QED) is 0.803. The second-order valence-electron chi connectivity index (χ2n) is 6.11. The Morgan fingerprint density at radius 1 is 0.905 bits per heavy atom. The van der Waals surface area contributed by atoms with Crippen molar-refractivity contribution in [1.82, 2.24) is 0 Å². The summed E-state index contributed by atoms with van der Waals surface area (Å²) >= 11 is 0. The van der Waals surface area contributed by atoms with Gasteiger partial charge >= 0.3 is 11.9 Å². The molecule has 0 bridgehead atoms. The van der Waals surface area contributed by atoms with Gasteiger partial charge in [0.15, 0.2) is 18.1 Å². The molecule has 2 N–H and O–H groups in total. The fraction of sp³-hybridized carbons (Fsp3) is 0.429. The van der Waals surface area contributed by atoms with E-state index in [1.54, 1.807) is 20.8 Å². The Kier molecular flexibility index (Phi) is 5.13. The van der Waals surface area contributed by atoms with E-state index in [2.05, 4.69) is 0 Å². The van der Waals surface area contributed by atoms with E-state index < -0.39 is 30.0 Å². The second kappa shape index (κ2) is 6.12. The van der Waals surface area contributed by atoms with Crippen LogP contribution in [0, 0.1) is 20.8 Å². The number of carbonyl (C=O) groups is 2. The van der Waals surface area contributed by atoms with Crippen LogP contribution in [0.25, 0.3) is 0 Å². The number of carboxylic acid groups (broad SMARTS) is 2. The molecule has 0 saturated carbocycles. The molecule has 21 heavy (non-hydrogen) atoms. The zero-order valence-electron chi connectivity index (χ0n) is 13.3. The molecule has 1 aromatic carbocycles. The number of rotatable bonds is 5. The molecule has 0 spiro atoms. The highest BCUT2D eigenvalue weighted by molar-refractivity contribution is 6.76. The van der Waals surface area contributed by atoms with Crippen molar-refractivity contribution in [3.05, 3.63) is 27.8 Å². The van der Waals surface area contributed by atoms with Crippen molar-refractivity contribution < 1.29 is 23.9 Å². The Balaban J connectivity index is 3.58. The van der Waals surface area contributed by atoms with Crippen LogP contribution in [0.4, 0.5) is 0 Å². The second-order valence-corrected chi connectivity index (χ2v) is 12.5. The van der Waals surface area contributed by atoms with Crippen LogP contribution in [0.2, 0.25) is 19.6 Å². The summed E-state index contributed by atoms with van der Waals surface area (Å²) in [5.74, 6) is -2.04. The van der Waals surface area contributed by atoms with Crippen molar-refractivity contribution in [3.8, 4) is 0 Å². The number of carboxylic acids is 2. The predicted molar refractivity (Wildman–Crippen MR) is 87.2 cm³/mol. The highest BCUT2D eigenvalue weighted by Crippen LogP contribution is 2.21. The van der Waals surface area contributed by atoms with Gasteiger partial charge in [0.05, 0.1) is 11.1 Å². The molecule has 0 unspecified atom stereocenters. The average Bonchev–Trinajstić information content (AvgIpc) is 2.29. The van der Waals surface area contributed by atoms with Crippen LogP contribution in [0.15, 0.2) is 0 Å². The van der Waals surface area contributed by atoms with Gasteiger partial charge in [-0.25, -0.2) is 9.59 Å². The Labute approximate surface area is 128 Å². The minimum atomic E-state index is -1.77. The van der Waals surface area contributed by atoms with Gasteiger partial charge in [-0.05, 0) is 62.3 Å². The zero-order chi connectivity index (χ0) is 16.5. The van der Waals surface area contributed by atoms with E-state index in [1.165, 1.54) is 0 Å². The lowest BCUT2D eigenvalue weighted by atomic mass is 9.93. The number of benzene rings is 1. The highest BCUT2D eigenvalue weighted by Gasteiger charge is 2.26. The Hall–Kier alpha value is -1.45. The molecule has 0 atom stereocenters. The lowest BCUT2D eigenvalue weighted by Crippen LogP contribution is -2.38. The highest BCUT2D eigenvalue weighted by atomic mass is 28.4. The van der Waals surface area contributed by atoms with E-state index in [0.29, 0.717) is 21.9 Å². The van der Waals surface area contributed by atoms with Crippen LogP contribution in [0.1, 0.15) is 37.4 Å². The molecular formula is C14H22O5Si2. The predicted octanol–water partition coefficient (Wildman–Crippen LogP) is 1.57. The third-order valence-electron chi connectivity index (χ3n) is 3.52. The molecule has 0 saturated heterocycles. The molecule has 1 rings (SSSR count). The molecular weight excluding hydrogens is 304 g/mol. The molecule has 1 aromatic rings. The van der Waals surface area contributed by atoms with Crippen LogP contribution < -0.4 is 5.19 Å². The van der Waals surface area contributed by atoms with Crippen LogP contribution in [0.3, 0.4) is 0 Å². The van der Waals surface area contributed by atoms with Gasteiger partial charge in [-0.3, -0.25) is 0 Å². The first-order chi connectivity index (χ1) is 9.47. The van der Waals surface area contributed by atoms with E-state index in [4.69, 9.17) is 4.12 Å². The summed E-state index contributed by atoms with van der Waals surface area (Å²) in [6.07, 6.45) is 0. The zero-order valence-corrected chi connectivity index (χ0v) is 15.7. The SMILES string of the molecule is Cc1c(C)c(C(=O)O)c([SiH2]O[Si](C)(C)C)c(C)c1C(=O)O.